The monoisotopic (exact) mass is 278 g/mol. The van der Waals surface area contributed by atoms with Crippen molar-refractivity contribution in [2.45, 2.75) is 38.6 Å². The Labute approximate surface area is 119 Å². The maximum absolute atomic E-state index is 12.6. The van der Waals surface area contributed by atoms with Crippen LogP contribution in [0.2, 0.25) is 0 Å². The van der Waals surface area contributed by atoms with E-state index >= 15 is 0 Å². The first kappa shape index (κ1) is 13.5. The van der Waals surface area contributed by atoms with Gasteiger partial charge in [-0.3, -0.25) is 0 Å². The fourth-order valence-corrected chi connectivity index (χ4v) is 3.94. The quantitative estimate of drug-likeness (QED) is 0.746. The number of carbonyl (C=O) groups is 2. The molecule has 0 aromatic rings. The summed E-state index contributed by atoms with van der Waals surface area (Å²) in [6.45, 7) is 4.02. The number of amides is 2. The summed E-state index contributed by atoms with van der Waals surface area (Å²) < 4.78 is 0. The maximum atomic E-state index is 12.6. The lowest BCUT2D eigenvalue weighted by Gasteiger charge is -2.32. The van der Waals surface area contributed by atoms with Crippen molar-refractivity contribution >= 4 is 12.0 Å². The van der Waals surface area contributed by atoms with Gasteiger partial charge in [0, 0.05) is 19.6 Å². The summed E-state index contributed by atoms with van der Waals surface area (Å²) in [5, 5.41) is 9.50. The lowest BCUT2D eigenvalue weighted by atomic mass is 9.94. The highest BCUT2D eigenvalue weighted by Gasteiger charge is 2.50. The Morgan fingerprint density at radius 1 is 1.35 bits per heavy atom. The van der Waals surface area contributed by atoms with Gasteiger partial charge in [-0.2, -0.15) is 0 Å². The first-order chi connectivity index (χ1) is 9.58. The molecule has 0 radical (unpaired) electrons. The largest absolute Gasteiger partial charge is 0.480 e. The molecule has 5 nitrogen and oxygen atoms in total. The van der Waals surface area contributed by atoms with Crippen LogP contribution in [0.5, 0.6) is 0 Å². The van der Waals surface area contributed by atoms with Crippen molar-refractivity contribution in [1.82, 2.24) is 9.80 Å². The van der Waals surface area contributed by atoms with Crippen LogP contribution < -0.4 is 0 Å². The molecule has 3 unspecified atom stereocenters. The Morgan fingerprint density at radius 2 is 2.15 bits per heavy atom. The maximum Gasteiger partial charge on any atom is 0.326 e. The molecule has 0 aromatic heterocycles. The van der Waals surface area contributed by atoms with Gasteiger partial charge >= 0.3 is 12.0 Å². The minimum atomic E-state index is -0.837. The molecule has 5 heteroatoms. The van der Waals surface area contributed by atoms with Gasteiger partial charge in [-0.15, -0.1) is 0 Å². The normalized spacial score (nSPS) is 33.0. The van der Waals surface area contributed by atoms with E-state index in [9.17, 15) is 14.7 Å². The minimum absolute atomic E-state index is 0.0875. The fourth-order valence-electron chi connectivity index (χ4n) is 3.94. The number of urea groups is 1. The van der Waals surface area contributed by atoms with E-state index in [1.807, 2.05) is 0 Å². The molecule has 1 aliphatic carbocycles. The lowest BCUT2D eigenvalue weighted by molar-refractivity contribution is -0.142. The van der Waals surface area contributed by atoms with E-state index in [0.29, 0.717) is 25.6 Å². The predicted octanol–water partition coefficient (Wildman–Crippen LogP) is 1.94. The zero-order chi connectivity index (χ0) is 14.3. The zero-order valence-electron chi connectivity index (χ0n) is 11.9. The number of likely N-dealkylation sites (tertiary alicyclic amines) is 1. The van der Waals surface area contributed by atoms with Gasteiger partial charge in [0.1, 0.15) is 6.04 Å². The average molecular weight is 278 g/mol. The van der Waals surface area contributed by atoms with Gasteiger partial charge in [-0.05, 0) is 38.0 Å². The smallest absolute Gasteiger partial charge is 0.326 e. The van der Waals surface area contributed by atoms with Crippen LogP contribution in [0.3, 0.4) is 0 Å². The van der Waals surface area contributed by atoms with Crippen LogP contribution in [0, 0.1) is 11.8 Å². The second-order valence-corrected chi connectivity index (χ2v) is 6.32. The van der Waals surface area contributed by atoms with Crippen molar-refractivity contribution in [3.05, 3.63) is 11.6 Å². The van der Waals surface area contributed by atoms with Crippen molar-refractivity contribution in [3.8, 4) is 0 Å². The van der Waals surface area contributed by atoms with Crippen LogP contribution in [-0.2, 0) is 4.79 Å². The molecule has 2 heterocycles. The molecule has 1 saturated carbocycles. The molecule has 1 N–H and O–H groups in total. The molecule has 1 saturated heterocycles. The minimum Gasteiger partial charge on any atom is -0.480 e. The van der Waals surface area contributed by atoms with Crippen molar-refractivity contribution in [2.75, 3.05) is 19.6 Å². The zero-order valence-corrected chi connectivity index (χ0v) is 11.9. The van der Waals surface area contributed by atoms with Crippen molar-refractivity contribution in [3.63, 3.8) is 0 Å². The molecule has 2 amide bonds. The number of rotatable bonds is 1. The van der Waals surface area contributed by atoms with E-state index in [0.717, 1.165) is 25.7 Å². The molecule has 2 fully saturated rings. The van der Waals surface area contributed by atoms with E-state index in [1.165, 1.54) is 5.57 Å². The van der Waals surface area contributed by atoms with Gasteiger partial charge < -0.3 is 14.9 Å². The summed E-state index contributed by atoms with van der Waals surface area (Å²) >= 11 is 0. The van der Waals surface area contributed by atoms with Crippen molar-refractivity contribution < 1.29 is 14.7 Å². The Morgan fingerprint density at radius 3 is 2.80 bits per heavy atom. The van der Waals surface area contributed by atoms with Crippen LogP contribution >= 0.6 is 0 Å². The van der Waals surface area contributed by atoms with Crippen molar-refractivity contribution in [1.29, 1.82) is 0 Å². The van der Waals surface area contributed by atoms with E-state index in [4.69, 9.17) is 0 Å². The number of carbonyl (C=O) groups excluding carboxylic acids is 1. The predicted molar refractivity (Wildman–Crippen MR) is 74.3 cm³/mol. The van der Waals surface area contributed by atoms with Gasteiger partial charge in [0.2, 0.25) is 0 Å². The van der Waals surface area contributed by atoms with E-state index < -0.39 is 12.0 Å². The van der Waals surface area contributed by atoms with Crippen LogP contribution in [0.15, 0.2) is 11.6 Å². The molecule has 3 atom stereocenters. The summed E-state index contributed by atoms with van der Waals surface area (Å²) in [6, 6.07) is -0.697. The third-order valence-corrected chi connectivity index (χ3v) is 5.10. The molecule has 20 heavy (non-hydrogen) atoms. The highest BCUT2D eigenvalue weighted by Crippen LogP contribution is 2.42. The number of carboxylic acids is 1. The average Bonchev–Trinajstić information content (AvgIpc) is 2.97. The number of hydrogen-bond donors (Lipinski definition) is 1. The summed E-state index contributed by atoms with van der Waals surface area (Å²) in [7, 11) is 0. The molecule has 110 valence electrons. The Balaban J connectivity index is 1.75. The Kier molecular flexibility index (Phi) is 3.44. The second kappa shape index (κ2) is 5.11. The lowest BCUT2D eigenvalue weighted by Crippen LogP contribution is -2.50. The van der Waals surface area contributed by atoms with Crippen LogP contribution in [0.25, 0.3) is 0 Å². The van der Waals surface area contributed by atoms with E-state index in [2.05, 4.69) is 13.0 Å². The summed E-state index contributed by atoms with van der Waals surface area (Å²) in [4.78, 5) is 27.6. The molecular formula is C15H22N2O3. The number of nitrogens with zero attached hydrogens (tertiary/aromatic N) is 2. The van der Waals surface area contributed by atoms with Gasteiger partial charge in [0.25, 0.3) is 0 Å². The molecule has 0 aromatic carbocycles. The van der Waals surface area contributed by atoms with Crippen molar-refractivity contribution in [2.24, 2.45) is 11.8 Å². The molecule has 3 aliphatic rings. The van der Waals surface area contributed by atoms with E-state index in [-0.39, 0.29) is 11.9 Å². The number of carboxylic acid groups (broad SMARTS) is 1. The number of aliphatic carboxylic acids is 1. The fraction of sp³-hybridized carbons (Fsp3) is 0.733. The molecular weight excluding hydrogens is 256 g/mol. The van der Waals surface area contributed by atoms with Gasteiger partial charge in [0.15, 0.2) is 0 Å². The molecule has 3 rings (SSSR count). The summed E-state index contributed by atoms with van der Waals surface area (Å²) in [5.41, 5.74) is 1.31. The van der Waals surface area contributed by atoms with E-state index in [1.54, 1.807) is 9.80 Å². The SMILES string of the molecule is CC1=CCN(C(=O)N2CC3CCCC3C2C(=O)O)CC1. The third kappa shape index (κ3) is 2.19. The Hall–Kier alpha value is -1.52. The van der Waals surface area contributed by atoms with Crippen LogP contribution in [-0.4, -0.2) is 52.6 Å². The molecule has 0 bridgehead atoms. The van der Waals surface area contributed by atoms with Gasteiger partial charge in [-0.1, -0.05) is 18.1 Å². The number of hydrogen-bond acceptors (Lipinski definition) is 2. The van der Waals surface area contributed by atoms with Crippen LogP contribution in [0.4, 0.5) is 4.79 Å². The first-order valence-electron chi connectivity index (χ1n) is 7.52. The van der Waals surface area contributed by atoms with Gasteiger partial charge in [0.05, 0.1) is 0 Å². The highest BCUT2D eigenvalue weighted by molar-refractivity contribution is 5.84. The highest BCUT2D eigenvalue weighted by atomic mass is 16.4. The number of fused-ring (bicyclic) bond motifs is 1. The molecule has 0 spiro atoms. The first-order valence-corrected chi connectivity index (χ1v) is 7.52. The second-order valence-electron chi connectivity index (χ2n) is 6.32. The summed E-state index contributed by atoms with van der Waals surface area (Å²) in [5.74, 6) is -0.280. The standard InChI is InChI=1S/C15H22N2O3/c1-10-5-7-16(8-6-10)15(20)17-9-11-3-2-4-12(11)13(17)14(18)19/h5,11-13H,2-4,6-9H2,1H3,(H,18,19). The van der Waals surface area contributed by atoms with Crippen LogP contribution in [0.1, 0.15) is 32.6 Å². The third-order valence-electron chi connectivity index (χ3n) is 5.10. The van der Waals surface area contributed by atoms with Gasteiger partial charge in [-0.25, -0.2) is 9.59 Å². The topological polar surface area (TPSA) is 60.9 Å². The summed E-state index contributed by atoms with van der Waals surface area (Å²) in [6.07, 6.45) is 6.08. The Bertz CT molecular complexity index is 460. The molecule has 2 aliphatic heterocycles.